The molecule has 142 valence electrons. The summed E-state index contributed by atoms with van der Waals surface area (Å²) in [6.45, 7) is 0.479. The van der Waals surface area contributed by atoms with E-state index in [2.05, 4.69) is 5.32 Å². The molecule has 0 spiro atoms. The molecule has 0 radical (unpaired) electrons. The van der Waals surface area contributed by atoms with Crippen molar-refractivity contribution in [3.8, 4) is 5.75 Å². The quantitative estimate of drug-likeness (QED) is 0.745. The lowest BCUT2D eigenvalue weighted by atomic mass is 10.0. The first kappa shape index (κ1) is 18.0. The number of carbonyl (C=O) groups excluding carboxylic acids is 2. The maximum absolute atomic E-state index is 12.6. The van der Waals surface area contributed by atoms with E-state index in [0.717, 1.165) is 27.8 Å². The number of benzene rings is 3. The average Bonchev–Trinajstić information content (AvgIpc) is 3.08. The average molecular weight is 374 g/mol. The summed E-state index contributed by atoms with van der Waals surface area (Å²) in [5, 5.41) is 5.22. The summed E-state index contributed by atoms with van der Waals surface area (Å²) >= 11 is 0. The molecule has 3 aromatic rings. The molecule has 2 amide bonds. The van der Waals surface area contributed by atoms with Gasteiger partial charge in [0.15, 0.2) is 0 Å². The van der Waals surface area contributed by atoms with Gasteiger partial charge in [0.25, 0.3) is 0 Å². The number of hydrogen-bond donors (Lipinski definition) is 1. The number of nitrogens with zero attached hydrogens (tertiary/aromatic N) is 1. The minimum atomic E-state index is -0.183. The highest BCUT2D eigenvalue weighted by molar-refractivity contribution is 5.97. The van der Waals surface area contributed by atoms with E-state index < -0.39 is 0 Å². The van der Waals surface area contributed by atoms with Gasteiger partial charge in [-0.3, -0.25) is 9.59 Å². The van der Waals surface area contributed by atoms with Crippen LogP contribution in [0, 0.1) is 0 Å². The van der Waals surface area contributed by atoms with Crippen molar-refractivity contribution in [2.24, 2.45) is 0 Å². The van der Waals surface area contributed by atoms with Crippen LogP contribution in [0.4, 0.5) is 5.69 Å². The Bertz CT molecular complexity index is 1010. The van der Waals surface area contributed by atoms with Crippen LogP contribution in [0.15, 0.2) is 66.7 Å². The predicted molar refractivity (Wildman–Crippen MR) is 110 cm³/mol. The van der Waals surface area contributed by atoms with Gasteiger partial charge in [-0.25, -0.2) is 0 Å². The SMILES string of the molecule is COc1ccc(N2C[C@@H](NC(=O)Cc3cccc4ccccc34)CC2=O)cc1. The van der Waals surface area contributed by atoms with Crippen LogP contribution in [-0.4, -0.2) is 31.5 Å². The second-order valence-electron chi connectivity index (χ2n) is 6.99. The molecule has 0 bridgehead atoms. The van der Waals surface area contributed by atoms with Crippen molar-refractivity contribution in [3.05, 3.63) is 72.3 Å². The number of rotatable bonds is 5. The molecule has 1 aliphatic heterocycles. The summed E-state index contributed by atoms with van der Waals surface area (Å²) in [4.78, 5) is 26.7. The fourth-order valence-electron chi connectivity index (χ4n) is 3.71. The molecule has 1 atom stereocenters. The summed E-state index contributed by atoms with van der Waals surface area (Å²) in [6, 6.07) is 21.2. The van der Waals surface area contributed by atoms with Crippen molar-refractivity contribution in [2.45, 2.75) is 18.9 Å². The summed E-state index contributed by atoms with van der Waals surface area (Å²) < 4.78 is 5.16. The van der Waals surface area contributed by atoms with Gasteiger partial charge in [-0.2, -0.15) is 0 Å². The van der Waals surface area contributed by atoms with Crippen LogP contribution in [0.1, 0.15) is 12.0 Å². The van der Waals surface area contributed by atoms with E-state index in [4.69, 9.17) is 4.74 Å². The number of ether oxygens (including phenoxy) is 1. The Morgan fingerprint density at radius 2 is 1.82 bits per heavy atom. The van der Waals surface area contributed by atoms with Crippen LogP contribution < -0.4 is 15.0 Å². The van der Waals surface area contributed by atoms with Gasteiger partial charge < -0.3 is 15.0 Å². The molecule has 0 aromatic heterocycles. The van der Waals surface area contributed by atoms with E-state index >= 15 is 0 Å². The molecule has 1 fully saturated rings. The first-order valence-corrected chi connectivity index (χ1v) is 9.34. The normalized spacial score (nSPS) is 16.4. The third kappa shape index (κ3) is 3.69. The Hall–Kier alpha value is -3.34. The zero-order chi connectivity index (χ0) is 19.5. The predicted octanol–water partition coefficient (Wildman–Crippen LogP) is 3.31. The van der Waals surface area contributed by atoms with Crippen molar-refractivity contribution in [1.29, 1.82) is 0 Å². The topological polar surface area (TPSA) is 58.6 Å². The molecule has 1 heterocycles. The fraction of sp³-hybridized carbons (Fsp3) is 0.217. The van der Waals surface area contributed by atoms with E-state index in [-0.39, 0.29) is 17.9 Å². The number of fused-ring (bicyclic) bond motifs is 1. The number of nitrogens with one attached hydrogen (secondary N) is 1. The largest absolute Gasteiger partial charge is 0.497 e. The number of amides is 2. The van der Waals surface area contributed by atoms with E-state index in [1.807, 2.05) is 66.7 Å². The Kier molecular flexibility index (Phi) is 4.98. The van der Waals surface area contributed by atoms with Crippen molar-refractivity contribution in [1.82, 2.24) is 5.32 Å². The number of carbonyl (C=O) groups is 2. The molecule has 5 nitrogen and oxygen atoms in total. The van der Waals surface area contributed by atoms with Crippen LogP contribution >= 0.6 is 0 Å². The van der Waals surface area contributed by atoms with E-state index in [1.165, 1.54) is 0 Å². The third-order valence-corrected chi connectivity index (χ3v) is 5.11. The van der Waals surface area contributed by atoms with Crippen molar-refractivity contribution < 1.29 is 14.3 Å². The van der Waals surface area contributed by atoms with Gasteiger partial charge >= 0.3 is 0 Å². The van der Waals surface area contributed by atoms with Crippen LogP contribution in [0.5, 0.6) is 5.75 Å². The minimum absolute atomic E-state index is 0.0145. The molecular weight excluding hydrogens is 352 g/mol. The van der Waals surface area contributed by atoms with Crippen LogP contribution in [0.25, 0.3) is 10.8 Å². The van der Waals surface area contributed by atoms with Gasteiger partial charge in [0.2, 0.25) is 11.8 Å². The van der Waals surface area contributed by atoms with Gasteiger partial charge in [-0.05, 0) is 40.6 Å². The highest BCUT2D eigenvalue weighted by Gasteiger charge is 2.31. The molecule has 3 aromatic carbocycles. The molecule has 4 rings (SSSR count). The van der Waals surface area contributed by atoms with Gasteiger partial charge in [-0.1, -0.05) is 42.5 Å². The Balaban J connectivity index is 1.41. The van der Waals surface area contributed by atoms with Crippen molar-refractivity contribution in [2.75, 3.05) is 18.6 Å². The fourth-order valence-corrected chi connectivity index (χ4v) is 3.71. The monoisotopic (exact) mass is 374 g/mol. The van der Waals surface area contributed by atoms with Crippen molar-refractivity contribution in [3.63, 3.8) is 0 Å². The smallest absolute Gasteiger partial charge is 0.229 e. The van der Waals surface area contributed by atoms with Gasteiger partial charge in [0, 0.05) is 18.7 Å². The summed E-state index contributed by atoms with van der Waals surface area (Å²) in [6.07, 6.45) is 0.613. The second-order valence-corrected chi connectivity index (χ2v) is 6.99. The van der Waals surface area contributed by atoms with Crippen LogP contribution in [0.2, 0.25) is 0 Å². The molecule has 1 saturated heterocycles. The molecule has 0 unspecified atom stereocenters. The molecule has 1 N–H and O–H groups in total. The molecule has 5 heteroatoms. The highest BCUT2D eigenvalue weighted by Crippen LogP contribution is 2.24. The Morgan fingerprint density at radius 1 is 1.07 bits per heavy atom. The maximum atomic E-state index is 12.6. The summed E-state index contributed by atoms with van der Waals surface area (Å²) in [5.74, 6) is 0.696. The molecule has 0 aliphatic carbocycles. The van der Waals surface area contributed by atoms with Crippen LogP contribution in [0.3, 0.4) is 0 Å². The lowest BCUT2D eigenvalue weighted by Crippen LogP contribution is -2.38. The van der Waals surface area contributed by atoms with Gasteiger partial charge in [0.1, 0.15) is 5.75 Å². The first-order valence-electron chi connectivity index (χ1n) is 9.34. The van der Waals surface area contributed by atoms with Crippen LogP contribution in [-0.2, 0) is 16.0 Å². The summed E-state index contributed by atoms with van der Waals surface area (Å²) in [7, 11) is 1.61. The second kappa shape index (κ2) is 7.72. The Morgan fingerprint density at radius 3 is 2.61 bits per heavy atom. The van der Waals surface area contributed by atoms with Gasteiger partial charge in [-0.15, -0.1) is 0 Å². The van der Waals surface area contributed by atoms with Gasteiger partial charge in [0.05, 0.1) is 19.6 Å². The lowest BCUT2D eigenvalue weighted by molar-refractivity contribution is -0.121. The van der Waals surface area contributed by atoms with E-state index in [9.17, 15) is 9.59 Å². The molecule has 0 saturated carbocycles. The summed E-state index contributed by atoms with van der Waals surface area (Å²) in [5.41, 5.74) is 1.81. The van der Waals surface area contributed by atoms with Crippen molar-refractivity contribution >= 4 is 28.3 Å². The number of hydrogen-bond acceptors (Lipinski definition) is 3. The molecule has 28 heavy (non-hydrogen) atoms. The zero-order valence-electron chi connectivity index (χ0n) is 15.7. The minimum Gasteiger partial charge on any atom is -0.497 e. The number of anilines is 1. The standard InChI is InChI=1S/C23H22N2O3/c1-28-20-11-9-19(10-12-20)25-15-18(14-23(25)27)24-22(26)13-17-7-4-6-16-5-2-3-8-21(16)17/h2-12,18H,13-15H2,1H3,(H,24,26)/t18-/m0/s1. The Labute approximate surface area is 163 Å². The highest BCUT2D eigenvalue weighted by atomic mass is 16.5. The number of methoxy groups -OCH3 is 1. The zero-order valence-corrected chi connectivity index (χ0v) is 15.7. The maximum Gasteiger partial charge on any atom is 0.229 e. The lowest BCUT2D eigenvalue weighted by Gasteiger charge is -2.17. The molecular formula is C23H22N2O3. The first-order chi connectivity index (χ1) is 13.6. The van der Waals surface area contributed by atoms with E-state index in [0.29, 0.717) is 19.4 Å². The third-order valence-electron chi connectivity index (χ3n) is 5.11. The molecule has 1 aliphatic rings. The van der Waals surface area contributed by atoms with E-state index in [1.54, 1.807) is 12.0 Å².